The number of hydrogen-bond acceptors (Lipinski definition) is 4. The van der Waals surface area contributed by atoms with Gasteiger partial charge in [-0.3, -0.25) is 10.1 Å². The summed E-state index contributed by atoms with van der Waals surface area (Å²) in [4.78, 5) is 18.9. The van der Waals surface area contributed by atoms with Crippen molar-refractivity contribution in [3.05, 3.63) is 44.9 Å². The topological polar surface area (TPSA) is 55.7 Å². The van der Waals surface area contributed by atoms with Crippen molar-refractivity contribution in [2.24, 2.45) is 0 Å². The van der Waals surface area contributed by atoms with E-state index >= 15 is 0 Å². The first-order chi connectivity index (χ1) is 12.4. The highest BCUT2D eigenvalue weighted by molar-refractivity contribution is 7.15. The van der Waals surface area contributed by atoms with Crippen molar-refractivity contribution >= 4 is 45.6 Å². The molecule has 8 heteroatoms. The molecular formula is C18H22Cl2N3O2S+. The number of amides is 1. The van der Waals surface area contributed by atoms with Crippen LogP contribution in [-0.2, 0) is 16.0 Å². The summed E-state index contributed by atoms with van der Waals surface area (Å²) in [5.74, 6) is -0.0169. The normalized spacial score (nSPS) is 23.0. The molecule has 26 heavy (non-hydrogen) atoms. The van der Waals surface area contributed by atoms with Gasteiger partial charge in [0.25, 0.3) is 5.91 Å². The highest BCUT2D eigenvalue weighted by Crippen LogP contribution is 2.26. The van der Waals surface area contributed by atoms with E-state index in [2.05, 4.69) is 10.3 Å². The average Bonchev–Trinajstić information content (AvgIpc) is 2.96. The van der Waals surface area contributed by atoms with Crippen molar-refractivity contribution in [3.8, 4) is 0 Å². The number of anilines is 1. The van der Waals surface area contributed by atoms with E-state index in [1.165, 1.54) is 16.2 Å². The van der Waals surface area contributed by atoms with Crippen LogP contribution in [0.3, 0.4) is 0 Å². The predicted octanol–water partition coefficient (Wildman–Crippen LogP) is 2.67. The van der Waals surface area contributed by atoms with Crippen LogP contribution >= 0.6 is 34.5 Å². The van der Waals surface area contributed by atoms with Crippen LogP contribution in [0.15, 0.2) is 24.4 Å². The summed E-state index contributed by atoms with van der Waals surface area (Å²) in [6.07, 6.45) is 2.85. The van der Waals surface area contributed by atoms with E-state index in [9.17, 15) is 4.79 Å². The zero-order valence-corrected chi connectivity index (χ0v) is 17.0. The van der Waals surface area contributed by atoms with E-state index in [-0.39, 0.29) is 18.1 Å². The minimum absolute atomic E-state index is 0.0169. The van der Waals surface area contributed by atoms with E-state index in [0.717, 1.165) is 23.5 Å². The molecule has 2 N–H and O–H groups in total. The Morgan fingerprint density at radius 3 is 2.73 bits per heavy atom. The lowest BCUT2D eigenvalue weighted by Crippen LogP contribution is -3.16. The van der Waals surface area contributed by atoms with Gasteiger partial charge in [-0.05, 0) is 31.5 Å². The molecule has 0 radical (unpaired) electrons. The van der Waals surface area contributed by atoms with E-state index < -0.39 is 0 Å². The Bertz CT molecular complexity index is 774. The number of benzene rings is 1. The number of nitrogens with one attached hydrogen (secondary N) is 2. The fourth-order valence-corrected chi connectivity index (χ4v) is 4.41. The lowest BCUT2D eigenvalue weighted by Gasteiger charge is -2.31. The molecule has 0 bridgehead atoms. The van der Waals surface area contributed by atoms with Crippen molar-refractivity contribution in [3.63, 3.8) is 0 Å². The largest absolute Gasteiger partial charge is 0.364 e. The summed E-state index contributed by atoms with van der Waals surface area (Å²) < 4.78 is 5.71. The quantitative estimate of drug-likeness (QED) is 0.790. The van der Waals surface area contributed by atoms with Gasteiger partial charge < -0.3 is 9.64 Å². The zero-order valence-electron chi connectivity index (χ0n) is 14.7. The van der Waals surface area contributed by atoms with Gasteiger partial charge in [0.1, 0.15) is 25.3 Å². The Balaban J connectivity index is 1.54. The van der Waals surface area contributed by atoms with Crippen molar-refractivity contribution < 1.29 is 14.4 Å². The second-order valence-corrected chi connectivity index (χ2v) is 8.63. The van der Waals surface area contributed by atoms with Gasteiger partial charge in [0, 0.05) is 17.5 Å². The zero-order chi connectivity index (χ0) is 18.7. The number of nitrogens with zero attached hydrogens (tertiary/aromatic N) is 1. The van der Waals surface area contributed by atoms with E-state index in [0.29, 0.717) is 28.1 Å². The summed E-state index contributed by atoms with van der Waals surface area (Å²) in [5.41, 5.74) is 1.06. The van der Waals surface area contributed by atoms with Crippen molar-refractivity contribution in [1.82, 2.24) is 4.98 Å². The van der Waals surface area contributed by atoms with Crippen LogP contribution in [-0.4, -0.2) is 42.7 Å². The first-order valence-electron chi connectivity index (χ1n) is 8.56. The van der Waals surface area contributed by atoms with Gasteiger partial charge in [-0.25, -0.2) is 4.98 Å². The first kappa shape index (κ1) is 19.6. The molecule has 1 fully saturated rings. The maximum Gasteiger partial charge on any atom is 0.281 e. The fraction of sp³-hybridized carbons (Fsp3) is 0.444. The summed E-state index contributed by atoms with van der Waals surface area (Å²) in [6, 6.07) is 5.58. The van der Waals surface area contributed by atoms with Gasteiger partial charge >= 0.3 is 0 Å². The molecule has 0 saturated carbocycles. The number of ether oxygens (including phenoxy) is 1. The molecule has 1 unspecified atom stereocenters. The molecule has 5 nitrogen and oxygen atoms in total. The Morgan fingerprint density at radius 1 is 1.31 bits per heavy atom. The van der Waals surface area contributed by atoms with Crippen molar-refractivity contribution in [1.29, 1.82) is 0 Å². The molecule has 1 aliphatic heterocycles. The third kappa shape index (κ3) is 5.41. The van der Waals surface area contributed by atoms with Crippen LogP contribution in [0.5, 0.6) is 0 Å². The summed E-state index contributed by atoms with van der Waals surface area (Å²) in [7, 11) is 0. The maximum atomic E-state index is 12.3. The Labute approximate surface area is 167 Å². The third-order valence-electron chi connectivity index (χ3n) is 4.19. The van der Waals surface area contributed by atoms with Crippen LogP contribution in [0.1, 0.15) is 24.3 Å². The van der Waals surface area contributed by atoms with Gasteiger partial charge in [0.2, 0.25) is 0 Å². The number of halogens is 2. The average molecular weight is 415 g/mol. The van der Waals surface area contributed by atoms with Gasteiger partial charge in [0.05, 0.1) is 10.0 Å². The second-order valence-electron chi connectivity index (χ2n) is 6.70. The van der Waals surface area contributed by atoms with Crippen LogP contribution in [0, 0.1) is 0 Å². The number of carbonyl (C=O) groups is 1. The number of rotatable bonds is 5. The molecule has 0 spiro atoms. The molecule has 3 atom stereocenters. The Kier molecular flexibility index (Phi) is 6.53. The standard InChI is InChI=1S/C18H21Cl2N3O2S/c1-11-8-23(9-12(2)25-11)10-17(24)22-18-21-7-14(26-18)5-13-3-4-15(19)16(20)6-13/h3-4,6-7,11-12H,5,8-10H2,1-2H3,(H,21,22,24)/p+1/t11-,12+. The number of morpholine rings is 1. The predicted molar refractivity (Wildman–Crippen MR) is 106 cm³/mol. The molecule has 0 aliphatic carbocycles. The number of thiazole rings is 1. The highest BCUT2D eigenvalue weighted by Gasteiger charge is 2.27. The second kappa shape index (κ2) is 8.67. The van der Waals surface area contributed by atoms with Gasteiger partial charge in [-0.1, -0.05) is 29.3 Å². The van der Waals surface area contributed by atoms with Gasteiger partial charge in [0.15, 0.2) is 11.7 Å². The van der Waals surface area contributed by atoms with Crippen molar-refractivity contribution in [2.75, 3.05) is 25.0 Å². The van der Waals surface area contributed by atoms with Crippen LogP contribution in [0.4, 0.5) is 5.13 Å². The molecule has 1 amide bonds. The van der Waals surface area contributed by atoms with Gasteiger partial charge in [-0.15, -0.1) is 11.3 Å². The molecule has 1 saturated heterocycles. The van der Waals surface area contributed by atoms with Crippen LogP contribution < -0.4 is 10.2 Å². The molecule has 2 heterocycles. The van der Waals surface area contributed by atoms with E-state index in [1.54, 1.807) is 12.3 Å². The lowest BCUT2D eigenvalue weighted by atomic mass is 10.1. The molecular weight excluding hydrogens is 393 g/mol. The molecule has 3 rings (SSSR count). The number of quaternary nitrogens is 1. The fourth-order valence-electron chi connectivity index (χ4n) is 3.22. The third-order valence-corrected chi connectivity index (χ3v) is 5.84. The minimum Gasteiger partial charge on any atom is -0.364 e. The molecule has 1 aromatic carbocycles. The summed E-state index contributed by atoms with van der Waals surface area (Å²) in [6.45, 7) is 6.21. The Hall–Kier alpha value is -1.18. The number of carbonyl (C=O) groups excluding carboxylic acids is 1. The van der Waals surface area contributed by atoms with Crippen LogP contribution in [0.25, 0.3) is 0 Å². The number of hydrogen-bond donors (Lipinski definition) is 2. The Morgan fingerprint density at radius 2 is 2.04 bits per heavy atom. The summed E-state index contributed by atoms with van der Waals surface area (Å²) in [5, 5.41) is 4.61. The van der Waals surface area contributed by atoms with E-state index in [4.69, 9.17) is 27.9 Å². The van der Waals surface area contributed by atoms with Crippen molar-refractivity contribution in [2.45, 2.75) is 32.5 Å². The summed E-state index contributed by atoms with van der Waals surface area (Å²) >= 11 is 13.5. The first-order valence-corrected chi connectivity index (χ1v) is 10.1. The van der Waals surface area contributed by atoms with Crippen LogP contribution in [0.2, 0.25) is 10.0 Å². The highest BCUT2D eigenvalue weighted by atomic mass is 35.5. The maximum absolute atomic E-state index is 12.3. The SMILES string of the molecule is C[C@@H]1C[NH+](CC(=O)Nc2ncc(Cc3ccc(Cl)c(Cl)c3)s2)C[C@H](C)O1. The molecule has 1 aromatic heterocycles. The van der Waals surface area contributed by atoms with Gasteiger partial charge in [-0.2, -0.15) is 0 Å². The minimum atomic E-state index is -0.0169. The van der Waals surface area contributed by atoms with E-state index in [1.807, 2.05) is 26.0 Å². The molecule has 1 aliphatic rings. The molecule has 140 valence electrons. The monoisotopic (exact) mass is 414 g/mol. The molecule has 2 aromatic rings. The lowest BCUT2D eigenvalue weighted by molar-refractivity contribution is -0.907. The smallest absolute Gasteiger partial charge is 0.281 e. The number of aromatic nitrogens is 1.